The van der Waals surface area contributed by atoms with Crippen molar-refractivity contribution in [1.29, 1.82) is 0 Å². The quantitative estimate of drug-likeness (QED) is 0.903. The second-order valence-corrected chi connectivity index (χ2v) is 6.64. The van der Waals surface area contributed by atoms with E-state index in [0.29, 0.717) is 5.92 Å². The highest BCUT2D eigenvalue weighted by Crippen LogP contribution is 2.29. The fourth-order valence-corrected chi connectivity index (χ4v) is 3.15. The van der Waals surface area contributed by atoms with E-state index in [2.05, 4.69) is 36.5 Å². The molecule has 1 atom stereocenters. The van der Waals surface area contributed by atoms with Crippen LogP contribution in [-0.4, -0.2) is 37.5 Å². The summed E-state index contributed by atoms with van der Waals surface area (Å²) in [4.78, 5) is 14.9. The Labute approximate surface area is 140 Å². The van der Waals surface area contributed by atoms with Crippen LogP contribution in [0.15, 0.2) is 24.3 Å². The fourth-order valence-electron chi connectivity index (χ4n) is 3.15. The summed E-state index contributed by atoms with van der Waals surface area (Å²) < 4.78 is 0. The minimum Gasteiger partial charge on any atom is -0.342 e. The minimum absolute atomic E-state index is 0. The fraction of sp³-hybridized carbons (Fsp3) is 0.611. The first kappa shape index (κ1) is 19.0. The first-order valence-corrected chi connectivity index (χ1v) is 8.02. The van der Waals surface area contributed by atoms with E-state index < -0.39 is 5.41 Å². The van der Waals surface area contributed by atoms with Crippen LogP contribution < -0.4 is 5.32 Å². The number of carbonyl (C=O) groups is 1. The number of amides is 1. The van der Waals surface area contributed by atoms with Gasteiger partial charge in [0.05, 0.1) is 5.41 Å². The average Bonchev–Trinajstić information content (AvgIpc) is 2.95. The van der Waals surface area contributed by atoms with Gasteiger partial charge in [0.25, 0.3) is 0 Å². The number of benzene rings is 1. The maximum atomic E-state index is 12.9. The van der Waals surface area contributed by atoms with E-state index in [1.54, 1.807) is 0 Å². The number of carbonyl (C=O) groups excluding carboxylic acids is 1. The number of halogens is 1. The zero-order valence-corrected chi connectivity index (χ0v) is 15.0. The van der Waals surface area contributed by atoms with Gasteiger partial charge in [0.2, 0.25) is 5.91 Å². The molecule has 0 bridgehead atoms. The topological polar surface area (TPSA) is 32.3 Å². The maximum Gasteiger partial charge on any atom is 0.232 e. The van der Waals surface area contributed by atoms with Gasteiger partial charge < -0.3 is 10.2 Å². The third-order valence-electron chi connectivity index (χ3n) is 4.68. The third-order valence-corrected chi connectivity index (χ3v) is 4.68. The van der Waals surface area contributed by atoms with Gasteiger partial charge in [-0.15, -0.1) is 12.4 Å². The molecule has 124 valence electrons. The predicted molar refractivity (Wildman–Crippen MR) is 94.7 cm³/mol. The van der Waals surface area contributed by atoms with E-state index in [1.165, 1.54) is 5.56 Å². The first-order chi connectivity index (χ1) is 9.98. The Morgan fingerprint density at radius 2 is 1.95 bits per heavy atom. The van der Waals surface area contributed by atoms with E-state index in [0.717, 1.165) is 38.0 Å². The van der Waals surface area contributed by atoms with Crippen molar-refractivity contribution in [1.82, 2.24) is 10.2 Å². The molecule has 0 radical (unpaired) electrons. The van der Waals surface area contributed by atoms with Crippen LogP contribution in [0.4, 0.5) is 0 Å². The molecule has 2 rings (SSSR count). The SMILES string of the molecule is CCc1ccc(C(C)(C)C(=O)N2CCC(CNC)C2)cc1.Cl. The number of nitrogens with one attached hydrogen (secondary N) is 1. The molecule has 4 heteroatoms. The number of nitrogens with zero attached hydrogens (tertiary/aromatic N) is 1. The maximum absolute atomic E-state index is 12.9. The molecule has 0 aliphatic carbocycles. The lowest BCUT2D eigenvalue weighted by molar-refractivity contribution is -0.135. The van der Waals surface area contributed by atoms with Crippen LogP contribution >= 0.6 is 12.4 Å². The van der Waals surface area contributed by atoms with Crippen molar-refractivity contribution in [3.63, 3.8) is 0 Å². The summed E-state index contributed by atoms with van der Waals surface area (Å²) in [5, 5.41) is 3.21. The Morgan fingerprint density at radius 3 is 2.50 bits per heavy atom. The Hall–Kier alpha value is -1.06. The summed E-state index contributed by atoms with van der Waals surface area (Å²) in [6.07, 6.45) is 2.14. The van der Waals surface area contributed by atoms with E-state index in [-0.39, 0.29) is 18.3 Å². The molecular weight excluding hydrogens is 296 g/mol. The number of rotatable bonds is 5. The van der Waals surface area contributed by atoms with Crippen molar-refractivity contribution in [2.75, 3.05) is 26.7 Å². The van der Waals surface area contributed by atoms with Gasteiger partial charge in [0.15, 0.2) is 0 Å². The molecule has 1 aliphatic heterocycles. The van der Waals surface area contributed by atoms with Gasteiger partial charge in [-0.1, -0.05) is 31.2 Å². The Morgan fingerprint density at radius 1 is 1.32 bits per heavy atom. The number of aryl methyl sites for hydroxylation is 1. The Bertz CT molecular complexity index is 484. The summed E-state index contributed by atoms with van der Waals surface area (Å²) in [6, 6.07) is 8.49. The van der Waals surface area contributed by atoms with E-state index >= 15 is 0 Å². The molecule has 0 spiro atoms. The predicted octanol–water partition coefficient (Wildman–Crippen LogP) is 3.02. The van der Waals surface area contributed by atoms with Gasteiger partial charge in [-0.25, -0.2) is 0 Å². The molecule has 0 aromatic heterocycles. The molecule has 1 aliphatic rings. The second kappa shape index (κ2) is 7.98. The van der Waals surface area contributed by atoms with Gasteiger partial charge in [-0.2, -0.15) is 0 Å². The summed E-state index contributed by atoms with van der Waals surface area (Å²) in [6.45, 7) is 9.01. The van der Waals surface area contributed by atoms with Crippen molar-refractivity contribution in [3.8, 4) is 0 Å². The molecule has 1 aromatic carbocycles. The summed E-state index contributed by atoms with van der Waals surface area (Å²) in [7, 11) is 1.98. The molecular formula is C18H29ClN2O. The van der Waals surface area contributed by atoms with Crippen molar-refractivity contribution >= 4 is 18.3 Å². The first-order valence-electron chi connectivity index (χ1n) is 8.02. The van der Waals surface area contributed by atoms with Crippen molar-refractivity contribution in [3.05, 3.63) is 35.4 Å². The third kappa shape index (κ3) is 4.02. The van der Waals surface area contributed by atoms with Crippen LogP contribution in [0.2, 0.25) is 0 Å². The molecule has 1 saturated heterocycles. The van der Waals surface area contributed by atoms with E-state index in [9.17, 15) is 4.79 Å². The zero-order valence-electron chi connectivity index (χ0n) is 14.2. The van der Waals surface area contributed by atoms with Gasteiger partial charge in [0.1, 0.15) is 0 Å². The largest absolute Gasteiger partial charge is 0.342 e. The lowest BCUT2D eigenvalue weighted by Crippen LogP contribution is -2.42. The highest BCUT2D eigenvalue weighted by atomic mass is 35.5. The standard InChI is InChI=1S/C18H28N2O.ClH/c1-5-14-6-8-16(9-7-14)18(2,3)17(21)20-11-10-15(13-20)12-19-4;/h6-9,15,19H,5,10-13H2,1-4H3;1H. The van der Waals surface area contributed by atoms with Gasteiger partial charge in [-0.3, -0.25) is 4.79 Å². The molecule has 1 amide bonds. The molecule has 1 aromatic rings. The highest BCUT2D eigenvalue weighted by Gasteiger charge is 2.36. The van der Waals surface area contributed by atoms with Crippen LogP contribution in [0.3, 0.4) is 0 Å². The van der Waals surface area contributed by atoms with Crippen LogP contribution in [0.5, 0.6) is 0 Å². The molecule has 1 fully saturated rings. The normalized spacial score (nSPS) is 18.2. The van der Waals surface area contributed by atoms with Gasteiger partial charge >= 0.3 is 0 Å². The summed E-state index contributed by atoms with van der Waals surface area (Å²) in [5.74, 6) is 0.850. The summed E-state index contributed by atoms with van der Waals surface area (Å²) in [5.41, 5.74) is 1.99. The lowest BCUT2D eigenvalue weighted by atomic mass is 9.82. The molecule has 3 nitrogen and oxygen atoms in total. The smallest absolute Gasteiger partial charge is 0.232 e. The average molecular weight is 325 g/mol. The van der Waals surface area contributed by atoms with Gasteiger partial charge in [-0.05, 0) is 57.3 Å². The van der Waals surface area contributed by atoms with E-state index in [1.807, 2.05) is 25.8 Å². The van der Waals surface area contributed by atoms with Crippen LogP contribution in [0.25, 0.3) is 0 Å². The Kier molecular flexibility index (Phi) is 6.89. The minimum atomic E-state index is -0.444. The van der Waals surface area contributed by atoms with Crippen LogP contribution in [0.1, 0.15) is 38.3 Å². The van der Waals surface area contributed by atoms with Gasteiger partial charge in [0, 0.05) is 13.1 Å². The number of likely N-dealkylation sites (tertiary alicyclic amines) is 1. The van der Waals surface area contributed by atoms with Crippen LogP contribution in [-0.2, 0) is 16.6 Å². The monoisotopic (exact) mass is 324 g/mol. The van der Waals surface area contributed by atoms with Crippen molar-refractivity contribution in [2.45, 2.75) is 39.0 Å². The second-order valence-electron chi connectivity index (χ2n) is 6.64. The van der Waals surface area contributed by atoms with Crippen molar-refractivity contribution in [2.24, 2.45) is 5.92 Å². The summed E-state index contributed by atoms with van der Waals surface area (Å²) >= 11 is 0. The van der Waals surface area contributed by atoms with Crippen molar-refractivity contribution < 1.29 is 4.79 Å². The van der Waals surface area contributed by atoms with Crippen LogP contribution in [0, 0.1) is 5.92 Å². The zero-order chi connectivity index (χ0) is 15.5. The Balaban J connectivity index is 0.00000242. The number of hydrogen-bond acceptors (Lipinski definition) is 2. The molecule has 1 unspecified atom stereocenters. The molecule has 1 N–H and O–H groups in total. The molecule has 1 heterocycles. The lowest BCUT2D eigenvalue weighted by Gasteiger charge is -2.30. The molecule has 0 saturated carbocycles. The molecule has 22 heavy (non-hydrogen) atoms. The highest BCUT2D eigenvalue weighted by molar-refractivity contribution is 5.87. The van der Waals surface area contributed by atoms with E-state index in [4.69, 9.17) is 0 Å². The number of hydrogen-bond donors (Lipinski definition) is 1.